The van der Waals surface area contributed by atoms with Crippen LogP contribution >= 0.6 is 23.2 Å². The molecule has 1 aliphatic heterocycles. The fourth-order valence-electron chi connectivity index (χ4n) is 3.29. The molecule has 3 rings (SSSR count). The molecule has 2 aromatic rings. The Morgan fingerprint density at radius 1 is 1.16 bits per heavy atom. The highest BCUT2D eigenvalue weighted by Gasteiger charge is 2.33. The molecule has 1 aromatic carbocycles. The minimum absolute atomic E-state index is 0.0330. The van der Waals surface area contributed by atoms with Gasteiger partial charge in [0.2, 0.25) is 11.6 Å². The number of H-pyrrole nitrogens is 1. The zero-order valence-electron chi connectivity index (χ0n) is 20.9. The maximum absolute atomic E-state index is 12.2. The van der Waals surface area contributed by atoms with E-state index in [9.17, 15) is 19.5 Å². The van der Waals surface area contributed by atoms with Crippen molar-refractivity contribution >= 4 is 35.3 Å². The van der Waals surface area contributed by atoms with E-state index in [1.54, 1.807) is 19.9 Å². The molecule has 202 valence electrons. The molecule has 2 N–H and O–H groups in total. The highest BCUT2D eigenvalue weighted by molar-refractivity contribution is 6.37. The molecule has 2 unspecified atom stereocenters. The number of nitrogens with one attached hydrogen (secondary N) is 1. The average Bonchev–Trinajstić information content (AvgIpc) is 2.81. The van der Waals surface area contributed by atoms with Crippen molar-refractivity contribution in [3.63, 3.8) is 0 Å². The molecule has 2 heterocycles. The monoisotopic (exact) mass is 566 g/mol. The van der Waals surface area contributed by atoms with Crippen LogP contribution in [-0.2, 0) is 9.47 Å². The Morgan fingerprint density at radius 2 is 1.79 bits per heavy atom. The number of nitrogens with zero attached hydrogens (tertiary/aromatic N) is 5. The normalized spacial score (nSPS) is 16.0. The summed E-state index contributed by atoms with van der Waals surface area (Å²) in [6.45, 7) is 8.50. The van der Waals surface area contributed by atoms with Crippen LogP contribution in [0.15, 0.2) is 38.5 Å². The summed E-state index contributed by atoms with van der Waals surface area (Å²) >= 11 is 12.8. The van der Waals surface area contributed by atoms with Crippen LogP contribution in [-0.4, -0.2) is 55.5 Å². The maximum Gasteiger partial charge on any atom is 0.510 e. The summed E-state index contributed by atoms with van der Waals surface area (Å²) in [4.78, 5) is 37.8. The predicted molar refractivity (Wildman–Crippen MR) is 136 cm³/mol. The van der Waals surface area contributed by atoms with Gasteiger partial charge < -0.3 is 19.3 Å². The summed E-state index contributed by atoms with van der Waals surface area (Å²) in [7, 11) is 0. The zero-order chi connectivity index (χ0) is 28.3. The van der Waals surface area contributed by atoms with E-state index in [0.29, 0.717) is 5.57 Å². The van der Waals surface area contributed by atoms with Crippen LogP contribution in [0.5, 0.6) is 5.75 Å². The predicted octanol–water partition coefficient (Wildman–Crippen LogP) is 2.92. The highest BCUT2D eigenvalue weighted by Crippen LogP contribution is 2.36. The summed E-state index contributed by atoms with van der Waals surface area (Å²) < 4.78 is 16.8. The van der Waals surface area contributed by atoms with Crippen LogP contribution in [0.25, 0.3) is 5.69 Å². The van der Waals surface area contributed by atoms with E-state index in [1.165, 1.54) is 25.1 Å². The minimum Gasteiger partial charge on any atom is -0.434 e. The van der Waals surface area contributed by atoms with E-state index in [-0.39, 0.29) is 33.3 Å². The average molecular weight is 567 g/mol. The van der Waals surface area contributed by atoms with Crippen molar-refractivity contribution < 1.29 is 24.1 Å². The molecular formula is C23H24Cl2N6O7. The third kappa shape index (κ3) is 6.34. The van der Waals surface area contributed by atoms with E-state index in [1.807, 2.05) is 18.8 Å². The van der Waals surface area contributed by atoms with Crippen molar-refractivity contribution in [3.8, 4) is 17.5 Å². The number of aromatic nitrogens is 3. The second-order valence-electron chi connectivity index (χ2n) is 8.60. The largest absolute Gasteiger partial charge is 0.510 e. The Balaban J connectivity index is 1.97. The van der Waals surface area contributed by atoms with E-state index >= 15 is 0 Å². The number of rotatable bonds is 6. The van der Waals surface area contributed by atoms with E-state index in [0.717, 1.165) is 9.69 Å². The SMILES string of the molecule is CC(C)OC(=O)OC(C)N1N=C(Oc2c(Cl)cc(-n3nc(C#N)c(=O)[nH]c3=O)cc2Cl)C=C(C(C)C)C1O. The lowest BCUT2D eigenvalue weighted by Gasteiger charge is -2.35. The zero-order valence-corrected chi connectivity index (χ0v) is 22.4. The van der Waals surface area contributed by atoms with Crippen molar-refractivity contribution in [1.29, 1.82) is 5.26 Å². The molecule has 13 nitrogen and oxygen atoms in total. The fourth-order valence-corrected chi connectivity index (χ4v) is 3.85. The first kappa shape index (κ1) is 28.7. The molecule has 0 bridgehead atoms. The molecule has 0 saturated heterocycles. The number of nitriles is 1. The van der Waals surface area contributed by atoms with Gasteiger partial charge in [-0.25, -0.2) is 14.6 Å². The molecule has 0 fully saturated rings. The van der Waals surface area contributed by atoms with Crippen molar-refractivity contribution in [2.45, 2.75) is 53.2 Å². The van der Waals surface area contributed by atoms with Gasteiger partial charge in [0.15, 0.2) is 18.2 Å². The van der Waals surface area contributed by atoms with Gasteiger partial charge >= 0.3 is 11.8 Å². The number of carbonyl (C=O) groups is 1. The quantitative estimate of drug-likeness (QED) is 0.495. The molecule has 1 aliphatic rings. The summed E-state index contributed by atoms with van der Waals surface area (Å²) in [5, 5.41) is 28.8. The number of hydrazone groups is 1. The second kappa shape index (κ2) is 11.7. The Labute approximate surface area is 226 Å². The van der Waals surface area contributed by atoms with Crippen LogP contribution in [0.2, 0.25) is 10.0 Å². The van der Waals surface area contributed by atoms with Crippen molar-refractivity contribution in [2.75, 3.05) is 0 Å². The van der Waals surface area contributed by atoms with E-state index < -0.39 is 41.7 Å². The third-order valence-corrected chi connectivity index (χ3v) is 5.62. The Bertz CT molecular complexity index is 1430. The summed E-state index contributed by atoms with van der Waals surface area (Å²) in [6.07, 6.45) is -2.12. The van der Waals surface area contributed by atoms with E-state index in [2.05, 4.69) is 10.2 Å². The van der Waals surface area contributed by atoms with E-state index in [4.69, 9.17) is 42.7 Å². The van der Waals surface area contributed by atoms with Gasteiger partial charge in [0.25, 0.3) is 5.56 Å². The molecule has 0 aliphatic carbocycles. The molecule has 15 heteroatoms. The number of aliphatic hydroxyl groups excluding tert-OH is 1. The molecule has 0 radical (unpaired) electrons. The molecule has 0 spiro atoms. The molecule has 0 amide bonds. The number of aliphatic hydroxyl groups is 1. The number of hydrogen-bond acceptors (Lipinski definition) is 11. The first-order valence-electron chi connectivity index (χ1n) is 11.3. The summed E-state index contributed by atoms with van der Waals surface area (Å²) in [5.41, 5.74) is -1.83. The molecule has 2 atom stereocenters. The molecule has 38 heavy (non-hydrogen) atoms. The van der Waals surface area contributed by atoms with Crippen LogP contribution in [0, 0.1) is 17.2 Å². The van der Waals surface area contributed by atoms with Gasteiger partial charge in [-0.15, -0.1) is 10.2 Å². The number of benzene rings is 1. The van der Waals surface area contributed by atoms with Crippen molar-refractivity contribution in [1.82, 2.24) is 19.8 Å². The van der Waals surface area contributed by atoms with Crippen LogP contribution in [0.3, 0.4) is 0 Å². The molecule has 0 saturated carbocycles. The van der Waals surface area contributed by atoms with Crippen LogP contribution in [0.1, 0.15) is 40.3 Å². The lowest BCUT2D eigenvalue weighted by molar-refractivity contribution is -0.103. The first-order chi connectivity index (χ1) is 17.8. The van der Waals surface area contributed by atoms with Gasteiger partial charge in [0, 0.05) is 6.08 Å². The van der Waals surface area contributed by atoms with Gasteiger partial charge in [-0.2, -0.15) is 9.94 Å². The number of hydrogen-bond donors (Lipinski definition) is 2. The van der Waals surface area contributed by atoms with Crippen molar-refractivity contribution in [3.05, 3.63) is 60.4 Å². The summed E-state index contributed by atoms with van der Waals surface area (Å²) in [6, 6.07) is 4.16. The Kier molecular flexibility index (Phi) is 8.82. The summed E-state index contributed by atoms with van der Waals surface area (Å²) in [5.74, 6) is -0.233. The van der Waals surface area contributed by atoms with Crippen LogP contribution in [0.4, 0.5) is 4.79 Å². The maximum atomic E-state index is 12.2. The second-order valence-corrected chi connectivity index (χ2v) is 9.41. The standard InChI is InChI=1S/C23H24Cl2N6O7/c1-10(2)14-8-18(29-30(21(14)33)12(5)37-23(35)36-11(3)4)38-19-15(24)6-13(7-16(19)25)31-22(34)27-20(32)17(9-26)28-31/h6-8,10-12,21,33H,1-5H3,(H,27,32,34). The van der Waals surface area contributed by atoms with Gasteiger partial charge in [0.05, 0.1) is 21.8 Å². The van der Waals surface area contributed by atoms with Crippen LogP contribution < -0.4 is 16.0 Å². The Hall–Kier alpha value is -3.86. The topological polar surface area (TPSA) is 172 Å². The fraction of sp³-hybridized carbons (Fsp3) is 0.391. The molecule has 1 aromatic heterocycles. The number of carbonyl (C=O) groups excluding carboxylic acids is 1. The van der Waals surface area contributed by atoms with Gasteiger partial charge in [0.1, 0.15) is 6.07 Å². The lowest BCUT2D eigenvalue weighted by atomic mass is 10.00. The lowest BCUT2D eigenvalue weighted by Crippen LogP contribution is -2.45. The van der Waals surface area contributed by atoms with Gasteiger partial charge in [-0.1, -0.05) is 37.0 Å². The minimum atomic E-state index is -1.23. The van der Waals surface area contributed by atoms with Gasteiger partial charge in [-0.3, -0.25) is 9.78 Å². The van der Waals surface area contributed by atoms with Gasteiger partial charge in [-0.05, 0) is 44.4 Å². The highest BCUT2D eigenvalue weighted by atomic mass is 35.5. The third-order valence-electron chi connectivity index (χ3n) is 5.06. The number of aromatic amines is 1. The van der Waals surface area contributed by atoms with Crippen molar-refractivity contribution in [2.24, 2.45) is 11.0 Å². The molecular weight excluding hydrogens is 543 g/mol. The Morgan fingerprint density at radius 3 is 2.34 bits per heavy atom. The number of ether oxygens (including phenoxy) is 3. The number of halogens is 2. The first-order valence-corrected chi connectivity index (χ1v) is 12.0. The smallest absolute Gasteiger partial charge is 0.434 e.